The molecule has 1 aliphatic rings. The lowest BCUT2D eigenvalue weighted by atomic mass is 9.97. The Hall–Kier alpha value is -3.10. The molecule has 1 N–H and O–H groups in total. The van der Waals surface area contributed by atoms with Crippen molar-refractivity contribution in [2.45, 2.75) is 19.5 Å². The maximum atomic E-state index is 13.7. The van der Waals surface area contributed by atoms with Crippen LogP contribution in [0.15, 0.2) is 72.8 Å². The van der Waals surface area contributed by atoms with E-state index >= 15 is 0 Å². The molecule has 0 unspecified atom stereocenters. The third-order valence-corrected chi connectivity index (χ3v) is 7.09. The number of ether oxygens (including phenoxy) is 1. The number of phenolic OH excluding ortho intramolecular Hbond substituents is 1. The third kappa shape index (κ3) is 3.71. The molecule has 1 aliphatic heterocycles. The smallest absolute Gasteiger partial charge is 0.291 e. The molecule has 1 amide bonds. The summed E-state index contributed by atoms with van der Waals surface area (Å²) < 4.78 is 12.5. The third-order valence-electron chi connectivity index (χ3n) is 5.99. The summed E-state index contributed by atoms with van der Waals surface area (Å²) in [7, 11) is 1.45. The summed E-state index contributed by atoms with van der Waals surface area (Å²) >= 11 is 6.77. The van der Waals surface area contributed by atoms with Gasteiger partial charge in [-0.1, -0.05) is 45.8 Å². The van der Waals surface area contributed by atoms with Gasteiger partial charge in [-0.05, 0) is 64.3 Å². The second-order valence-electron chi connectivity index (χ2n) is 8.19. The van der Waals surface area contributed by atoms with Gasteiger partial charge in [-0.25, -0.2) is 0 Å². The van der Waals surface area contributed by atoms with Crippen molar-refractivity contribution in [1.29, 1.82) is 0 Å². The topological polar surface area (TPSA) is 80.0 Å². The van der Waals surface area contributed by atoms with Gasteiger partial charge in [0.1, 0.15) is 5.58 Å². The average Bonchev–Trinajstić information content (AvgIpc) is 3.09. The van der Waals surface area contributed by atoms with Gasteiger partial charge in [0.25, 0.3) is 5.91 Å². The second kappa shape index (κ2) is 8.60. The Morgan fingerprint density at radius 1 is 1.06 bits per heavy atom. The molecule has 4 aromatic rings. The fourth-order valence-electron chi connectivity index (χ4n) is 4.30. The second-order valence-corrected chi connectivity index (χ2v) is 9.96. The van der Waals surface area contributed by atoms with Gasteiger partial charge in [0.2, 0.25) is 5.76 Å². The Balaban J connectivity index is 1.76. The maximum absolute atomic E-state index is 13.7. The Bertz CT molecular complexity index is 1510. The zero-order chi connectivity index (χ0) is 24.1. The monoisotopic (exact) mass is 583 g/mol. The van der Waals surface area contributed by atoms with Crippen molar-refractivity contribution in [3.8, 4) is 11.5 Å². The lowest BCUT2D eigenvalue weighted by Gasteiger charge is -2.26. The van der Waals surface area contributed by atoms with E-state index in [0.717, 1.165) is 15.6 Å². The Kier molecular flexibility index (Phi) is 5.73. The number of halogens is 2. The number of rotatable bonds is 4. The molecule has 172 valence electrons. The quantitative estimate of drug-likeness (QED) is 0.314. The van der Waals surface area contributed by atoms with Gasteiger partial charge < -0.3 is 19.2 Å². The number of carbonyl (C=O) groups is 1. The first-order valence-electron chi connectivity index (χ1n) is 10.5. The van der Waals surface area contributed by atoms with Crippen LogP contribution in [0.2, 0.25) is 0 Å². The zero-order valence-corrected chi connectivity index (χ0v) is 21.4. The van der Waals surface area contributed by atoms with Crippen LogP contribution in [0.25, 0.3) is 11.0 Å². The number of methoxy groups -OCH3 is 1. The standard InChI is InChI=1S/C26H19Br2NO5/c1-13-3-5-14(6-4-13)12-29-22(15-9-18(28)24(31)20(10-15)33-2)21-23(30)17-11-16(27)7-8-19(17)34-25(21)26(29)32/h3-11,22,31H,12H2,1-2H3/t22-/m0/s1. The summed E-state index contributed by atoms with van der Waals surface area (Å²) in [6.07, 6.45) is 0. The lowest BCUT2D eigenvalue weighted by molar-refractivity contribution is 0.0714. The molecule has 0 fully saturated rings. The van der Waals surface area contributed by atoms with Gasteiger partial charge >= 0.3 is 0 Å². The Morgan fingerprint density at radius 3 is 2.50 bits per heavy atom. The van der Waals surface area contributed by atoms with Crippen molar-refractivity contribution in [3.63, 3.8) is 0 Å². The number of hydrogen-bond donors (Lipinski definition) is 1. The molecule has 34 heavy (non-hydrogen) atoms. The molecular formula is C26H19Br2NO5. The van der Waals surface area contributed by atoms with Gasteiger partial charge in [-0.2, -0.15) is 0 Å². The van der Waals surface area contributed by atoms with Gasteiger partial charge in [-0.3, -0.25) is 9.59 Å². The minimum atomic E-state index is -0.728. The van der Waals surface area contributed by atoms with Crippen molar-refractivity contribution in [2.24, 2.45) is 0 Å². The molecule has 5 rings (SSSR count). The summed E-state index contributed by atoms with van der Waals surface area (Å²) in [5.41, 5.74) is 2.98. The molecule has 6 nitrogen and oxygen atoms in total. The molecule has 0 spiro atoms. The highest BCUT2D eigenvalue weighted by molar-refractivity contribution is 9.10. The van der Waals surface area contributed by atoms with Gasteiger partial charge in [0.15, 0.2) is 16.9 Å². The number of carbonyl (C=O) groups excluding carboxylic acids is 1. The van der Waals surface area contributed by atoms with E-state index in [-0.39, 0.29) is 40.7 Å². The molecule has 8 heteroatoms. The van der Waals surface area contributed by atoms with Gasteiger partial charge in [0.05, 0.1) is 28.6 Å². The van der Waals surface area contributed by atoms with Crippen molar-refractivity contribution in [3.05, 3.63) is 102 Å². The minimum Gasteiger partial charge on any atom is -0.503 e. The van der Waals surface area contributed by atoms with Gasteiger partial charge in [0, 0.05) is 11.0 Å². The van der Waals surface area contributed by atoms with E-state index in [4.69, 9.17) is 9.15 Å². The highest BCUT2D eigenvalue weighted by Gasteiger charge is 2.43. The molecule has 1 aromatic heterocycles. The van der Waals surface area contributed by atoms with Crippen molar-refractivity contribution < 1.29 is 19.1 Å². The van der Waals surface area contributed by atoms with Crippen LogP contribution in [-0.2, 0) is 6.54 Å². The molecule has 3 aromatic carbocycles. The van der Waals surface area contributed by atoms with Crippen molar-refractivity contribution in [1.82, 2.24) is 4.90 Å². The number of nitrogens with zero attached hydrogens (tertiary/aromatic N) is 1. The van der Waals surface area contributed by atoms with Crippen molar-refractivity contribution >= 4 is 48.7 Å². The first-order chi connectivity index (χ1) is 16.3. The largest absolute Gasteiger partial charge is 0.503 e. The first-order valence-corrected chi connectivity index (χ1v) is 12.1. The van der Waals surface area contributed by atoms with Crippen LogP contribution >= 0.6 is 31.9 Å². The predicted molar refractivity (Wildman–Crippen MR) is 135 cm³/mol. The highest BCUT2D eigenvalue weighted by Crippen LogP contribution is 2.44. The van der Waals surface area contributed by atoms with Crippen LogP contribution in [0, 0.1) is 6.92 Å². The number of phenols is 1. The molecule has 0 saturated heterocycles. The van der Waals surface area contributed by atoms with E-state index in [0.29, 0.717) is 21.0 Å². The number of amides is 1. The van der Waals surface area contributed by atoms with E-state index < -0.39 is 6.04 Å². The van der Waals surface area contributed by atoms with E-state index in [1.807, 2.05) is 31.2 Å². The number of aryl methyl sites for hydroxylation is 1. The van der Waals surface area contributed by atoms with E-state index in [1.165, 1.54) is 7.11 Å². The molecule has 1 atom stereocenters. The van der Waals surface area contributed by atoms with Crippen LogP contribution in [0.4, 0.5) is 0 Å². The lowest BCUT2D eigenvalue weighted by Crippen LogP contribution is -2.29. The van der Waals surface area contributed by atoms with E-state index in [9.17, 15) is 14.7 Å². The molecule has 0 saturated carbocycles. The van der Waals surface area contributed by atoms with E-state index in [2.05, 4.69) is 31.9 Å². The number of benzene rings is 3. The number of hydrogen-bond acceptors (Lipinski definition) is 5. The molecule has 0 aliphatic carbocycles. The molecular weight excluding hydrogens is 566 g/mol. The summed E-state index contributed by atoms with van der Waals surface area (Å²) in [5.74, 6) is -0.172. The van der Waals surface area contributed by atoms with Crippen LogP contribution in [0.5, 0.6) is 11.5 Å². The maximum Gasteiger partial charge on any atom is 0.291 e. The summed E-state index contributed by atoms with van der Waals surface area (Å²) in [6.45, 7) is 2.27. The number of fused-ring (bicyclic) bond motifs is 2. The van der Waals surface area contributed by atoms with Crippen LogP contribution < -0.4 is 10.2 Å². The Labute approximate surface area is 212 Å². The van der Waals surface area contributed by atoms with Crippen LogP contribution in [-0.4, -0.2) is 23.0 Å². The fourth-order valence-corrected chi connectivity index (χ4v) is 5.12. The fraction of sp³-hybridized carbons (Fsp3) is 0.154. The van der Waals surface area contributed by atoms with Crippen LogP contribution in [0.1, 0.15) is 38.9 Å². The van der Waals surface area contributed by atoms with Crippen LogP contribution in [0.3, 0.4) is 0 Å². The first kappa shape index (κ1) is 22.7. The zero-order valence-electron chi connectivity index (χ0n) is 18.3. The normalized spacial score (nSPS) is 15.1. The minimum absolute atomic E-state index is 0.0279. The number of aromatic hydroxyl groups is 1. The molecule has 2 heterocycles. The van der Waals surface area contributed by atoms with Gasteiger partial charge in [-0.15, -0.1) is 0 Å². The highest BCUT2D eigenvalue weighted by atomic mass is 79.9. The summed E-state index contributed by atoms with van der Waals surface area (Å²) in [6, 6.07) is 15.6. The van der Waals surface area contributed by atoms with E-state index in [1.54, 1.807) is 35.2 Å². The Morgan fingerprint density at radius 2 is 1.79 bits per heavy atom. The van der Waals surface area contributed by atoms with Crippen molar-refractivity contribution in [2.75, 3.05) is 7.11 Å². The summed E-state index contributed by atoms with van der Waals surface area (Å²) in [4.78, 5) is 28.9. The molecule has 0 bridgehead atoms. The SMILES string of the molecule is COc1cc([C@H]2c3c(oc4ccc(Br)cc4c3=O)C(=O)N2Cc2ccc(C)cc2)cc(Br)c1O. The predicted octanol–water partition coefficient (Wildman–Crippen LogP) is 6.09. The summed E-state index contributed by atoms with van der Waals surface area (Å²) in [5, 5.41) is 10.7. The molecule has 0 radical (unpaired) electrons. The average molecular weight is 585 g/mol.